The molecule has 2 amide bonds. The standard InChI is InChI=1S/C22H21F4N5O2/c1-12-3-4-13(9-22(25,26)11-32)7-17(12)28-19-29-21(33)30(2)20-27-10-18(31(19)20)14-5-6-15(23)16(24)8-14/h3-8,18,32H,9-11H2,1-2H3,(H,28,29,33). The molecule has 1 atom stereocenters. The molecule has 4 rings (SSSR count). The fourth-order valence-electron chi connectivity index (χ4n) is 3.72. The predicted molar refractivity (Wildman–Crippen MR) is 114 cm³/mol. The molecule has 2 heterocycles. The number of nitrogens with zero attached hydrogens (tertiary/aromatic N) is 4. The number of amides is 2. The van der Waals surface area contributed by atoms with E-state index in [9.17, 15) is 22.4 Å². The van der Waals surface area contributed by atoms with Gasteiger partial charge in [0.2, 0.25) is 11.9 Å². The minimum absolute atomic E-state index is 0.0817. The highest BCUT2D eigenvalue weighted by Gasteiger charge is 2.41. The zero-order chi connectivity index (χ0) is 23.9. The monoisotopic (exact) mass is 463 g/mol. The smallest absolute Gasteiger partial charge is 0.330 e. The quantitative estimate of drug-likeness (QED) is 0.667. The topological polar surface area (TPSA) is 80.5 Å². The van der Waals surface area contributed by atoms with Crippen molar-refractivity contribution in [1.82, 2.24) is 15.1 Å². The van der Waals surface area contributed by atoms with Crippen LogP contribution >= 0.6 is 0 Å². The molecule has 2 N–H and O–H groups in total. The molecular formula is C22H21F4N5O2. The minimum atomic E-state index is -3.28. The first-order valence-electron chi connectivity index (χ1n) is 10.1. The van der Waals surface area contributed by atoms with E-state index >= 15 is 0 Å². The van der Waals surface area contributed by atoms with Gasteiger partial charge in [0.25, 0.3) is 5.92 Å². The number of aliphatic imine (C=N–C) groups is 2. The van der Waals surface area contributed by atoms with Crippen molar-refractivity contribution in [3.8, 4) is 0 Å². The van der Waals surface area contributed by atoms with Gasteiger partial charge in [0.15, 0.2) is 11.6 Å². The Morgan fingerprint density at radius 2 is 1.97 bits per heavy atom. The third-order valence-electron chi connectivity index (χ3n) is 5.51. The van der Waals surface area contributed by atoms with Gasteiger partial charge in [-0.25, -0.2) is 32.3 Å². The summed E-state index contributed by atoms with van der Waals surface area (Å²) in [6, 6.07) is 7.02. The molecule has 0 bridgehead atoms. The number of aryl methyl sites for hydroxylation is 1. The van der Waals surface area contributed by atoms with Crippen molar-refractivity contribution in [3.05, 3.63) is 64.7 Å². The van der Waals surface area contributed by atoms with E-state index in [0.717, 1.165) is 12.1 Å². The number of carbonyl (C=O) groups is 1. The van der Waals surface area contributed by atoms with Crippen molar-refractivity contribution in [3.63, 3.8) is 0 Å². The molecule has 1 unspecified atom stereocenters. The average molecular weight is 463 g/mol. The maximum absolute atomic E-state index is 13.9. The number of hydrogen-bond acceptors (Lipinski definition) is 4. The first-order chi connectivity index (χ1) is 15.6. The Hall–Kier alpha value is -3.47. The summed E-state index contributed by atoms with van der Waals surface area (Å²) >= 11 is 0. The van der Waals surface area contributed by atoms with E-state index in [1.165, 1.54) is 30.1 Å². The molecule has 2 aliphatic rings. The molecule has 2 aromatic carbocycles. The highest BCUT2D eigenvalue weighted by atomic mass is 19.3. The molecule has 0 saturated carbocycles. The Kier molecular flexibility index (Phi) is 5.83. The van der Waals surface area contributed by atoms with Gasteiger partial charge in [-0.3, -0.25) is 15.1 Å². The molecule has 7 nitrogen and oxygen atoms in total. The Morgan fingerprint density at radius 1 is 1.21 bits per heavy atom. The van der Waals surface area contributed by atoms with Gasteiger partial charge >= 0.3 is 6.03 Å². The van der Waals surface area contributed by atoms with E-state index in [-0.39, 0.29) is 24.0 Å². The number of fused-ring (bicyclic) bond motifs is 1. The van der Waals surface area contributed by atoms with Crippen LogP contribution in [0.1, 0.15) is 22.7 Å². The van der Waals surface area contributed by atoms with Crippen LogP contribution in [0.15, 0.2) is 46.4 Å². The maximum atomic E-state index is 13.9. The molecule has 0 aliphatic carbocycles. The molecule has 2 aliphatic heterocycles. The van der Waals surface area contributed by atoms with E-state index in [1.807, 2.05) is 0 Å². The van der Waals surface area contributed by atoms with Crippen LogP contribution in [-0.2, 0) is 6.42 Å². The third kappa shape index (κ3) is 4.40. The van der Waals surface area contributed by atoms with Gasteiger partial charge in [-0.2, -0.15) is 0 Å². The highest BCUT2D eigenvalue weighted by Crippen LogP contribution is 2.32. The number of aliphatic hydroxyl groups excluding tert-OH is 1. The molecule has 0 spiro atoms. The van der Waals surface area contributed by atoms with Crippen LogP contribution < -0.4 is 5.32 Å². The number of guanidine groups is 2. The van der Waals surface area contributed by atoms with Crippen molar-refractivity contribution in [2.45, 2.75) is 25.3 Å². The molecule has 2 aromatic rings. The Bertz CT molecular complexity index is 1170. The Morgan fingerprint density at radius 3 is 2.67 bits per heavy atom. The number of urea groups is 1. The molecule has 0 radical (unpaired) electrons. The summed E-state index contributed by atoms with van der Waals surface area (Å²) in [5.41, 5.74) is 1.67. The highest BCUT2D eigenvalue weighted by molar-refractivity contribution is 6.16. The summed E-state index contributed by atoms with van der Waals surface area (Å²) in [5.74, 6) is -4.93. The minimum Gasteiger partial charge on any atom is -0.390 e. The number of benzene rings is 2. The zero-order valence-electron chi connectivity index (χ0n) is 17.8. The summed E-state index contributed by atoms with van der Waals surface area (Å²) in [7, 11) is 1.51. The Labute approximate surface area is 187 Å². The van der Waals surface area contributed by atoms with E-state index in [1.54, 1.807) is 17.9 Å². The summed E-state index contributed by atoms with van der Waals surface area (Å²) in [6.07, 6.45) is -0.676. The van der Waals surface area contributed by atoms with Gasteiger partial charge < -0.3 is 5.11 Å². The van der Waals surface area contributed by atoms with Crippen LogP contribution in [0.4, 0.5) is 28.0 Å². The van der Waals surface area contributed by atoms with Crippen molar-refractivity contribution < 1.29 is 27.5 Å². The maximum Gasteiger partial charge on any atom is 0.330 e. The van der Waals surface area contributed by atoms with Crippen LogP contribution in [0.2, 0.25) is 0 Å². The normalized spacial score (nSPS) is 19.6. The predicted octanol–water partition coefficient (Wildman–Crippen LogP) is 3.50. The van der Waals surface area contributed by atoms with Crippen LogP contribution in [0.3, 0.4) is 0 Å². The second-order valence-corrected chi connectivity index (χ2v) is 7.94. The van der Waals surface area contributed by atoms with Crippen molar-refractivity contribution >= 4 is 23.6 Å². The second-order valence-electron chi connectivity index (χ2n) is 7.94. The van der Waals surface area contributed by atoms with E-state index < -0.39 is 42.7 Å². The number of alkyl halides is 2. The van der Waals surface area contributed by atoms with Gasteiger partial charge in [-0.05, 0) is 41.8 Å². The molecule has 11 heteroatoms. The average Bonchev–Trinajstić information content (AvgIpc) is 3.21. The largest absolute Gasteiger partial charge is 0.390 e. The lowest BCUT2D eigenvalue weighted by atomic mass is 10.0. The van der Waals surface area contributed by atoms with E-state index in [0.29, 0.717) is 16.8 Å². The molecular weight excluding hydrogens is 442 g/mol. The van der Waals surface area contributed by atoms with Crippen molar-refractivity contribution in [1.29, 1.82) is 0 Å². The van der Waals surface area contributed by atoms with Gasteiger partial charge in [0.1, 0.15) is 6.61 Å². The van der Waals surface area contributed by atoms with Crippen LogP contribution in [0.5, 0.6) is 0 Å². The number of carbonyl (C=O) groups excluding carboxylic acids is 1. The lowest BCUT2D eigenvalue weighted by Crippen LogP contribution is -2.61. The van der Waals surface area contributed by atoms with Crippen molar-refractivity contribution in [2.75, 3.05) is 20.2 Å². The SMILES string of the molecule is Cc1ccc(CC(F)(F)CO)cc1N=C1NC(=O)N(C)C2=NCC(c3ccc(F)c(F)c3)N12. The lowest BCUT2D eigenvalue weighted by molar-refractivity contribution is -0.0488. The van der Waals surface area contributed by atoms with Crippen LogP contribution in [0.25, 0.3) is 0 Å². The fraction of sp³-hybridized carbons (Fsp3) is 0.318. The molecule has 1 fully saturated rings. The molecule has 0 aromatic heterocycles. The van der Waals surface area contributed by atoms with Crippen molar-refractivity contribution in [2.24, 2.45) is 9.98 Å². The number of halogens is 4. The summed E-state index contributed by atoms with van der Waals surface area (Å²) in [6.45, 7) is 0.618. The number of aliphatic hydroxyl groups is 1. The summed E-state index contributed by atoms with van der Waals surface area (Å²) in [5, 5.41) is 11.5. The Balaban J connectivity index is 1.74. The van der Waals surface area contributed by atoms with Gasteiger partial charge in [0, 0.05) is 13.5 Å². The van der Waals surface area contributed by atoms with Crippen LogP contribution in [-0.4, -0.2) is 59.0 Å². The first-order valence-corrected chi connectivity index (χ1v) is 10.1. The van der Waals surface area contributed by atoms with Gasteiger partial charge in [0.05, 0.1) is 18.3 Å². The lowest BCUT2D eigenvalue weighted by Gasteiger charge is -2.36. The zero-order valence-corrected chi connectivity index (χ0v) is 17.8. The van der Waals surface area contributed by atoms with Gasteiger partial charge in [-0.1, -0.05) is 18.2 Å². The summed E-state index contributed by atoms with van der Waals surface area (Å²) < 4.78 is 54.7. The van der Waals surface area contributed by atoms with Crippen LogP contribution in [0, 0.1) is 18.6 Å². The second kappa shape index (κ2) is 8.47. The molecule has 33 heavy (non-hydrogen) atoms. The van der Waals surface area contributed by atoms with E-state index in [2.05, 4.69) is 15.3 Å². The number of hydrogen-bond donors (Lipinski definition) is 2. The molecule has 174 valence electrons. The van der Waals surface area contributed by atoms with Gasteiger partial charge in [-0.15, -0.1) is 0 Å². The number of nitrogens with one attached hydrogen (secondary N) is 1. The van der Waals surface area contributed by atoms with E-state index in [4.69, 9.17) is 5.11 Å². The third-order valence-corrected chi connectivity index (χ3v) is 5.51. The first kappa shape index (κ1) is 22.7. The number of rotatable bonds is 5. The molecule has 1 saturated heterocycles. The fourth-order valence-corrected chi connectivity index (χ4v) is 3.72. The summed E-state index contributed by atoms with van der Waals surface area (Å²) in [4.78, 5) is 24.2.